The second-order valence-corrected chi connectivity index (χ2v) is 7.72. The fraction of sp³-hybridized carbons (Fsp3) is 0.235. The van der Waals surface area contributed by atoms with E-state index >= 15 is 0 Å². The Balaban J connectivity index is 1.57. The first-order valence-electron chi connectivity index (χ1n) is 8.40. The Morgan fingerprint density at radius 3 is 2.41 bits per heavy atom. The third-order valence-corrected chi connectivity index (χ3v) is 5.42. The Hall–Kier alpha value is -2.99. The van der Waals surface area contributed by atoms with Crippen molar-refractivity contribution in [2.24, 2.45) is 0 Å². The number of aryl methyl sites for hydroxylation is 1. The molecular weight excluding hydrogens is 409 g/mol. The number of hydrogen-bond donors (Lipinski definition) is 2. The van der Waals surface area contributed by atoms with Gasteiger partial charge in [-0.1, -0.05) is 0 Å². The maximum absolute atomic E-state index is 12.6. The van der Waals surface area contributed by atoms with E-state index in [1.807, 2.05) is 6.92 Å². The van der Waals surface area contributed by atoms with Crippen LogP contribution in [0.3, 0.4) is 0 Å². The number of anilines is 1. The highest BCUT2D eigenvalue weighted by Crippen LogP contribution is 2.29. The van der Waals surface area contributed by atoms with Crippen LogP contribution in [0.25, 0.3) is 5.82 Å². The lowest BCUT2D eigenvalue weighted by Gasteiger charge is -2.11. The molecule has 3 aromatic rings. The molecule has 29 heavy (non-hydrogen) atoms. The maximum Gasteiger partial charge on any atom is 0.416 e. The van der Waals surface area contributed by atoms with Gasteiger partial charge in [0, 0.05) is 31.5 Å². The Kier molecular flexibility index (Phi) is 5.84. The molecule has 0 spiro atoms. The zero-order valence-corrected chi connectivity index (χ0v) is 16.0. The van der Waals surface area contributed by atoms with E-state index in [1.54, 1.807) is 23.0 Å². The molecule has 0 amide bonds. The normalized spacial score (nSPS) is 12.1. The standard InChI is InChI=1S/C17H17F3N6O2S/c1-12-21-8-9-26(12)16-10-15(23-11-24-16)22-6-7-25-29(27,28)14-4-2-13(3-5-14)17(18,19)20/h2-5,8-11,25H,6-7H2,1H3,(H,22,23,24). The molecule has 1 aromatic carbocycles. The zero-order valence-electron chi connectivity index (χ0n) is 15.2. The van der Waals surface area contributed by atoms with Crippen LogP contribution in [-0.2, 0) is 16.2 Å². The third-order valence-electron chi connectivity index (χ3n) is 3.94. The first-order valence-corrected chi connectivity index (χ1v) is 9.88. The number of nitrogens with one attached hydrogen (secondary N) is 2. The van der Waals surface area contributed by atoms with Gasteiger partial charge in [-0.15, -0.1) is 0 Å². The molecule has 0 aliphatic rings. The molecule has 2 N–H and O–H groups in total. The van der Waals surface area contributed by atoms with Crippen molar-refractivity contribution in [3.8, 4) is 5.82 Å². The molecule has 0 radical (unpaired) electrons. The molecule has 0 aliphatic carbocycles. The number of halogens is 3. The fourth-order valence-electron chi connectivity index (χ4n) is 2.48. The highest BCUT2D eigenvalue weighted by atomic mass is 32.2. The molecule has 2 heterocycles. The summed E-state index contributed by atoms with van der Waals surface area (Å²) in [5, 5.41) is 2.96. The van der Waals surface area contributed by atoms with E-state index in [9.17, 15) is 21.6 Å². The summed E-state index contributed by atoms with van der Waals surface area (Å²) in [6.45, 7) is 2.04. The van der Waals surface area contributed by atoms with Gasteiger partial charge in [0.05, 0.1) is 10.5 Å². The molecule has 0 atom stereocenters. The minimum Gasteiger partial charge on any atom is -0.369 e. The molecule has 0 aliphatic heterocycles. The van der Waals surface area contributed by atoms with Crippen LogP contribution in [-0.4, -0.2) is 41.0 Å². The number of hydrogen-bond acceptors (Lipinski definition) is 6. The quantitative estimate of drug-likeness (QED) is 0.563. The van der Waals surface area contributed by atoms with Gasteiger partial charge in [0.15, 0.2) is 0 Å². The highest BCUT2D eigenvalue weighted by Gasteiger charge is 2.30. The van der Waals surface area contributed by atoms with E-state index in [-0.39, 0.29) is 18.0 Å². The number of benzene rings is 1. The van der Waals surface area contributed by atoms with Crippen LogP contribution in [0.2, 0.25) is 0 Å². The van der Waals surface area contributed by atoms with Crippen LogP contribution in [0.1, 0.15) is 11.4 Å². The van der Waals surface area contributed by atoms with Crippen molar-refractivity contribution in [1.82, 2.24) is 24.2 Å². The van der Waals surface area contributed by atoms with Crippen molar-refractivity contribution in [3.05, 3.63) is 60.4 Å². The third kappa shape index (κ3) is 5.09. The zero-order chi connectivity index (χ0) is 21.1. The summed E-state index contributed by atoms with van der Waals surface area (Å²) in [6, 6.07) is 4.98. The summed E-state index contributed by atoms with van der Waals surface area (Å²) < 4.78 is 66.2. The minimum absolute atomic E-state index is 0.00674. The van der Waals surface area contributed by atoms with Crippen molar-refractivity contribution >= 4 is 15.8 Å². The van der Waals surface area contributed by atoms with Gasteiger partial charge in [-0.05, 0) is 31.2 Å². The van der Waals surface area contributed by atoms with Gasteiger partial charge >= 0.3 is 6.18 Å². The molecular formula is C17H17F3N6O2S. The highest BCUT2D eigenvalue weighted by molar-refractivity contribution is 7.89. The maximum atomic E-state index is 12.6. The van der Waals surface area contributed by atoms with Crippen molar-refractivity contribution < 1.29 is 21.6 Å². The lowest BCUT2D eigenvalue weighted by molar-refractivity contribution is -0.137. The van der Waals surface area contributed by atoms with E-state index < -0.39 is 21.8 Å². The molecule has 8 nitrogen and oxygen atoms in total. The van der Waals surface area contributed by atoms with Gasteiger partial charge < -0.3 is 5.32 Å². The molecule has 0 saturated heterocycles. The van der Waals surface area contributed by atoms with Gasteiger partial charge in [-0.2, -0.15) is 13.2 Å². The summed E-state index contributed by atoms with van der Waals surface area (Å²) in [6.07, 6.45) is 0.231. The van der Waals surface area contributed by atoms with Crippen molar-refractivity contribution in [3.63, 3.8) is 0 Å². The van der Waals surface area contributed by atoms with E-state index in [2.05, 4.69) is 25.0 Å². The predicted molar refractivity (Wildman–Crippen MR) is 99.0 cm³/mol. The average Bonchev–Trinajstić information content (AvgIpc) is 3.11. The Morgan fingerprint density at radius 2 is 1.79 bits per heavy atom. The second-order valence-electron chi connectivity index (χ2n) is 5.95. The smallest absolute Gasteiger partial charge is 0.369 e. The van der Waals surface area contributed by atoms with Crippen LogP contribution in [0, 0.1) is 6.92 Å². The lowest BCUT2D eigenvalue weighted by atomic mass is 10.2. The Morgan fingerprint density at radius 1 is 1.07 bits per heavy atom. The van der Waals surface area contributed by atoms with Crippen LogP contribution >= 0.6 is 0 Å². The van der Waals surface area contributed by atoms with Crippen LogP contribution in [0.15, 0.2) is 53.9 Å². The predicted octanol–water partition coefficient (Wildman–Crippen LogP) is 2.38. The molecule has 0 bridgehead atoms. The molecule has 12 heteroatoms. The molecule has 0 fully saturated rings. The van der Waals surface area contributed by atoms with Gasteiger partial charge in [-0.3, -0.25) is 4.57 Å². The number of sulfonamides is 1. The lowest BCUT2D eigenvalue weighted by Crippen LogP contribution is -2.29. The van der Waals surface area contributed by atoms with E-state index in [4.69, 9.17) is 0 Å². The van der Waals surface area contributed by atoms with Crippen molar-refractivity contribution in [2.75, 3.05) is 18.4 Å². The number of alkyl halides is 3. The van der Waals surface area contributed by atoms with Gasteiger partial charge in [0.2, 0.25) is 10.0 Å². The van der Waals surface area contributed by atoms with E-state index in [0.29, 0.717) is 11.6 Å². The monoisotopic (exact) mass is 426 g/mol. The van der Waals surface area contributed by atoms with E-state index in [0.717, 1.165) is 30.1 Å². The summed E-state index contributed by atoms with van der Waals surface area (Å²) in [4.78, 5) is 12.1. The Bertz CT molecular complexity index is 1080. The number of rotatable bonds is 7. The average molecular weight is 426 g/mol. The summed E-state index contributed by atoms with van der Waals surface area (Å²) in [7, 11) is -3.93. The largest absolute Gasteiger partial charge is 0.416 e. The molecule has 154 valence electrons. The van der Waals surface area contributed by atoms with Crippen LogP contribution in [0.4, 0.5) is 19.0 Å². The van der Waals surface area contributed by atoms with Crippen molar-refractivity contribution in [1.29, 1.82) is 0 Å². The van der Waals surface area contributed by atoms with Crippen LogP contribution in [0.5, 0.6) is 0 Å². The minimum atomic E-state index is -4.52. The number of nitrogens with zero attached hydrogens (tertiary/aromatic N) is 4. The van der Waals surface area contributed by atoms with Gasteiger partial charge in [0.25, 0.3) is 0 Å². The molecule has 3 rings (SSSR count). The molecule has 2 aromatic heterocycles. The summed E-state index contributed by atoms with van der Waals surface area (Å²) in [5.74, 6) is 1.83. The first kappa shape index (κ1) is 20.7. The van der Waals surface area contributed by atoms with Gasteiger partial charge in [0.1, 0.15) is 23.8 Å². The number of aromatic nitrogens is 4. The van der Waals surface area contributed by atoms with Crippen LogP contribution < -0.4 is 10.0 Å². The van der Waals surface area contributed by atoms with E-state index in [1.165, 1.54) is 6.33 Å². The molecule has 0 unspecified atom stereocenters. The summed E-state index contributed by atoms with van der Waals surface area (Å²) in [5.41, 5.74) is -0.911. The summed E-state index contributed by atoms with van der Waals surface area (Å²) >= 11 is 0. The molecule has 0 saturated carbocycles. The SMILES string of the molecule is Cc1nccn1-c1cc(NCCNS(=O)(=O)c2ccc(C(F)(F)F)cc2)ncn1. The first-order chi connectivity index (χ1) is 13.7. The topological polar surface area (TPSA) is 102 Å². The van der Waals surface area contributed by atoms with Gasteiger partial charge in [-0.25, -0.2) is 28.1 Å². The second kappa shape index (κ2) is 8.17. The fourth-order valence-corrected chi connectivity index (χ4v) is 3.51. The van der Waals surface area contributed by atoms with Crippen molar-refractivity contribution in [2.45, 2.75) is 18.0 Å². The Labute approximate surface area is 164 Å². The number of imidazole rings is 1.